The van der Waals surface area contributed by atoms with E-state index in [4.69, 9.17) is 21.1 Å². The van der Waals surface area contributed by atoms with Gasteiger partial charge in [0.15, 0.2) is 0 Å². The molecule has 1 atom stereocenters. The van der Waals surface area contributed by atoms with E-state index < -0.39 is 5.92 Å². The van der Waals surface area contributed by atoms with Crippen molar-refractivity contribution in [1.29, 1.82) is 0 Å². The zero-order valence-electron chi connectivity index (χ0n) is 16.0. The molecule has 6 heteroatoms. The minimum absolute atomic E-state index is 0.0428. The van der Waals surface area contributed by atoms with E-state index in [0.29, 0.717) is 40.5 Å². The fourth-order valence-electron chi connectivity index (χ4n) is 2.63. The number of allylic oxidation sites excluding steroid dienone is 1. The molecule has 4 nitrogen and oxygen atoms in total. The Labute approximate surface area is 169 Å². The first kappa shape index (κ1) is 20.3. The second kappa shape index (κ2) is 9.20. The van der Waals surface area contributed by atoms with Crippen molar-refractivity contribution in [2.75, 3.05) is 6.61 Å². The first-order chi connectivity index (χ1) is 13.4. The molecule has 3 rings (SSSR count). The number of halogens is 2. The van der Waals surface area contributed by atoms with Crippen molar-refractivity contribution >= 4 is 23.5 Å². The smallest absolute Gasteiger partial charge is 0.219 e. The van der Waals surface area contributed by atoms with Crippen LogP contribution < -0.4 is 9.47 Å². The summed E-state index contributed by atoms with van der Waals surface area (Å²) in [5.41, 5.74) is 0.593. The average molecular weight is 404 g/mol. The topological polar surface area (TPSA) is 48.4 Å². The van der Waals surface area contributed by atoms with Crippen molar-refractivity contribution < 1.29 is 18.7 Å². The number of hydrogen-bond donors (Lipinski definition) is 0. The van der Waals surface area contributed by atoms with Gasteiger partial charge in [0.25, 0.3) is 0 Å². The Bertz CT molecular complexity index is 863. The number of ether oxygens (including phenoxy) is 2. The Morgan fingerprint density at radius 1 is 1.36 bits per heavy atom. The molecule has 0 N–H and O–H groups in total. The molecule has 1 unspecified atom stereocenters. The Balaban J connectivity index is 1.61. The number of pyridine rings is 1. The number of benzene rings is 1. The maximum absolute atomic E-state index is 14.1. The van der Waals surface area contributed by atoms with E-state index in [1.54, 1.807) is 31.2 Å². The van der Waals surface area contributed by atoms with Crippen LogP contribution in [0.15, 0.2) is 42.4 Å². The molecule has 1 aliphatic carbocycles. The molecule has 28 heavy (non-hydrogen) atoms. The summed E-state index contributed by atoms with van der Waals surface area (Å²) in [4.78, 5) is 15.3. The monoisotopic (exact) mass is 403 g/mol. The van der Waals surface area contributed by atoms with Crippen LogP contribution in [0, 0.1) is 11.8 Å². The Hall–Kier alpha value is -2.40. The lowest BCUT2D eigenvalue weighted by molar-refractivity contribution is -0.117. The van der Waals surface area contributed by atoms with E-state index in [1.165, 1.54) is 32.0 Å². The molecule has 1 aromatic carbocycles. The predicted octanol–water partition coefficient (Wildman–Crippen LogP) is 6.24. The summed E-state index contributed by atoms with van der Waals surface area (Å²) in [5, 5.41) is 0.433. The van der Waals surface area contributed by atoms with E-state index in [-0.39, 0.29) is 18.0 Å². The molecule has 2 aromatic rings. The van der Waals surface area contributed by atoms with Gasteiger partial charge in [0, 0.05) is 30.7 Å². The molecule has 1 saturated carbocycles. The molecule has 0 amide bonds. The lowest BCUT2D eigenvalue weighted by atomic mass is 10.0. The molecule has 1 aromatic heterocycles. The lowest BCUT2D eigenvalue weighted by Gasteiger charge is -2.10. The van der Waals surface area contributed by atoms with Crippen molar-refractivity contribution in [3.63, 3.8) is 0 Å². The molecular formula is C22H23ClFNO3. The van der Waals surface area contributed by atoms with Crippen LogP contribution in [0.4, 0.5) is 4.39 Å². The maximum Gasteiger partial charge on any atom is 0.219 e. The average Bonchev–Trinajstić information content (AvgIpc) is 3.47. The second-order valence-corrected chi connectivity index (χ2v) is 7.62. The predicted molar refractivity (Wildman–Crippen MR) is 108 cm³/mol. The normalized spacial score (nSPS) is 15.2. The van der Waals surface area contributed by atoms with E-state index in [1.807, 2.05) is 6.07 Å². The molecule has 148 valence electrons. The molecule has 1 heterocycles. The van der Waals surface area contributed by atoms with E-state index in [2.05, 4.69) is 4.98 Å². The summed E-state index contributed by atoms with van der Waals surface area (Å²) in [6.07, 6.45) is 5.52. The van der Waals surface area contributed by atoms with Crippen molar-refractivity contribution in [3.05, 3.63) is 52.9 Å². The SMILES string of the molecule is CC(=O)CC(C)/C(F)=C/c1ccc(Oc2ccc(OCC3CC3)cc2Cl)nc1. The second-order valence-electron chi connectivity index (χ2n) is 7.21. The van der Waals surface area contributed by atoms with E-state index >= 15 is 0 Å². The number of Topliss-reactive ketones (excluding diaryl/α,β-unsaturated/α-hetero) is 1. The van der Waals surface area contributed by atoms with Gasteiger partial charge in [-0.15, -0.1) is 0 Å². The number of rotatable bonds is 9. The van der Waals surface area contributed by atoms with Gasteiger partial charge in [0.1, 0.15) is 23.1 Å². The molecule has 0 radical (unpaired) electrons. The largest absolute Gasteiger partial charge is 0.493 e. The highest BCUT2D eigenvalue weighted by molar-refractivity contribution is 6.32. The van der Waals surface area contributed by atoms with Crippen LogP contribution >= 0.6 is 11.6 Å². The third-order valence-corrected chi connectivity index (χ3v) is 4.72. The summed E-state index contributed by atoms with van der Waals surface area (Å²) in [6.45, 7) is 3.85. The van der Waals surface area contributed by atoms with Gasteiger partial charge in [-0.25, -0.2) is 9.37 Å². The number of hydrogen-bond acceptors (Lipinski definition) is 4. The summed E-state index contributed by atoms with van der Waals surface area (Å²) < 4.78 is 25.5. The summed E-state index contributed by atoms with van der Waals surface area (Å²) in [7, 11) is 0. The standard InChI is InChI=1S/C22H23ClFNO3/c1-14(9-15(2)26)20(24)10-17-5-8-22(25-12-17)28-21-7-6-18(11-19(21)23)27-13-16-3-4-16/h5-8,10-12,14,16H,3-4,9,13H2,1-2H3/b20-10-. The van der Waals surface area contributed by atoms with Gasteiger partial charge in [-0.05, 0) is 55.5 Å². The fraction of sp³-hybridized carbons (Fsp3) is 0.364. The van der Waals surface area contributed by atoms with Crippen LogP contribution in [-0.4, -0.2) is 17.4 Å². The zero-order chi connectivity index (χ0) is 20.1. The van der Waals surface area contributed by atoms with Crippen molar-refractivity contribution in [3.8, 4) is 17.4 Å². The zero-order valence-corrected chi connectivity index (χ0v) is 16.7. The number of carbonyl (C=O) groups is 1. The quantitative estimate of drug-likeness (QED) is 0.497. The molecule has 1 aliphatic rings. The molecule has 1 fully saturated rings. The fourth-order valence-corrected chi connectivity index (χ4v) is 2.84. The molecular weight excluding hydrogens is 381 g/mol. The van der Waals surface area contributed by atoms with E-state index in [0.717, 1.165) is 0 Å². The molecule has 0 aliphatic heterocycles. The van der Waals surface area contributed by atoms with Gasteiger partial charge in [-0.1, -0.05) is 18.5 Å². The van der Waals surface area contributed by atoms with Crippen LogP contribution in [0.1, 0.15) is 38.7 Å². The highest BCUT2D eigenvalue weighted by atomic mass is 35.5. The van der Waals surface area contributed by atoms with Gasteiger partial charge >= 0.3 is 0 Å². The van der Waals surface area contributed by atoms with Gasteiger partial charge < -0.3 is 14.3 Å². The van der Waals surface area contributed by atoms with Gasteiger partial charge in [-0.3, -0.25) is 0 Å². The number of nitrogens with zero attached hydrogens (tertiary/aromatic N) is 1. The van der Waals surface area contributed by atoms with E-state index in [9.17, 15) is 9.18 Å². The lowest BCUT2D eigenvalue weighted by Crippen LogP contribution is -2.02. The van der Waals surface area contributed by atoms with Crippen LogP contribution in [0.25, 0.3) is 6.08 Å². The first-order valence-electron chi connectivity index (χ1n) is 9.33. The Kier molecular flexibility index (Phi) is 6.68. The van der Waals surface area contributed by atoms with Crippen molar-refractivity contribution in [1.82, 2.24) is 4.98 Å². The molecule has 0 saturated heterocycles. The number of ketones is 1. The molecule has 0 spiro atoms. The highest BCUT2D eigenvalue weighted by Gasteiger charge is 2.22. The van der Waals surface area contributed by atoms with Crippen LogP contribution in [0.5, 0.6) is 17.4 Å². The van der Waals surface area contributed by atoms with Crippen molar-refractivity contribution in [2.24, 2.45) is 11.8 Å². The van der Waals surface area contributed by atoms with Gasteiger partial charge in [0.05, 0.1) is 11.6 Å². The third-order valence-electron chi connectivity index (χ3n) is 4.43. The summed E-state index contributed by atoms with van der Waals surface area (Å²) in [5.74, 6) is 1.36. The summed E-state index contributed by atoms with van der Waals surface area (Å²) >= 11 is 6.27. The molecule has 0 bridgehead atoms. The third kappa shape index (κ3) is 6.06. The highest BCUT2D eigenvalue weighted by Crippen LogP contribution is 2.34. The minimum Gasteiger partial charge on any atom is -0.493 e. The first-order valence-corrected chi connectivity index (χ1v) is 9.71. The minimum atomic E-state index is -0.451. The number of carbonyl (C=O) groups excluding carboxylic acids is 1. The Morgan fingerprint density at radius 2 is 2.14 bits per heavy atom. The Morgan fingerprint density at radius 3 is 2.75 bits per heavy atom. The number of aromatic nitrogens is 1. The maximum atomic E-state index is 14.1. The van der Waals surface area contributed by atoms with Crippen LogP contribution in [0.2, 0.25) is 5.02 Å². The van der Waals surface area contributed by atoms with Gasteiger partial charge in [-0.2, -0.15) is 0 Å². The van der Waals surface area contributed by atoms with Gasteiger partial charge in [0.2, 0.25) is 5.88 Å². The van der Waals surface area contributed by atoms with Crippen LogP contribution in [0.3, 0.4) is 0 Å². The van der Waals surface area contributed by atoms with Crippen molar-refractivity contribution in [2.45, 2.75) is 33.1 Å². The van der Waals surface area contributed by atoms with Crippen LogP contribution in [-0.2, 0) is 4.79 Å². The summed E-state index contributed by atoms with van der Waals surface area (Å²) in [6, 6.07) is 8.61.